The highest BCUT2D eigenvalue weighted by Gasteiger charge is 2.21. The first kappa shape index (κ1) is 17.5. The zero-order chi connectivity index (χ0) is 18.8. The quantitative estimate of drug-likeness (QED) is 0.686. The maximum absolute atomic E-state index is 12.4. The summed E-state index contributed by atoms with van der Waals surface area (Å²) in [6.07, 6.45) is 6.31. The molecular formula is C20H20N4O2S. The van der Waals surface area contributed by atoms with E-state index < -0.39 is 5.91 Å². The minimum absolute atomic E-state index is 0.286. The van der Waals surface area contributed by atoms with Gasteiger partial charge in [-0.25, -0.2) is 4.68 Å². The van der Waals surface area contributed by atoms with Gasteiger partial charge in [0.1, 0.15) is 0 Å². The summed E-state index contributed by atoms with van der Waals surface area (Å²) in [7, 11) is 0. The van der Waals surface area contributed by atoms with Crippen LogP contribution in [0.1, 0.15) is 43.8 Å². The standard InChI is InChI=1S/C20H20N4O2S/c1-13-7-8-17-14(9-13)10-18(27-17)20(26)23-22-19(25)15-11-21-24(12-15)16-5-3-2-4-6-16/h2-6,10-13H,7-9H2,1H3,(H,22,25)(H,23,26). The van der Waals surface area contributed by atoms with Crippen LogP contribution in [-0.4, -0.2) is 21.6 Å². The van der Waals surface area contributed by atoms with Crippen LogP contribution in [0.5, 0.6) is 0 Å². The van der Waals surface area contributed by atoms with Crippen molar-refractivity contribution in [1.82, 2.24) is 20.6 Å². The second-order valence-electron chi connectivity index (χ2n) is 6.82. The molecule has 0 saturated carbocycles. The lowest BCUT2D eigenvalue weighted by Gasteiger charge is -2.16. The van der Waals surface area contributed by atoms with Crippen molar-refractivity contribution in [2.24, 2.45) is 5.92 Å². The van der Waals surface area contributed by atoms with Gasteiger partial charge in [-0.05, 0) is 48.9 Å². The molecule has 3 aromatic rings. The average molecular weight is 380 g/mol. The molecule has 1 aliphatic rings. The van der Waals surface area contributed by atoms with Gasteiger partial charge >= 0.3 is 0 Å². The third kappa shape index (κ3) is 3.78. The fraction of sp³-hybridized carbons (Fsp3) is 0.250. The van der Waals surface area contributed by atoms with Crippen LogP contribution in [0, 0.1) is 5.92 Å². The summed E-state index contributed by atoms with van der Waals surface area (Å²) in [6.45, 7) is 2.23. The minimum Gasteiger partial charge on any atom is -0.267 e. The largest absolute Gasteiger partial charge is 0.279 e. The Balaban J connectivity index is 1.38. The van der Waals surface area contributed by atoms with Gasteiger partial charge in [0.15, 0.2) is 0 Å². The van der Waals surface area contributed by atoms with Crippen molar-refractivity contribution >= 4 is 23.2 Å². The Morgan fingerprint density at radius 3 is 2.78 bits per heavy atom. The molecule has 1 aliphatic carbocycles. The summed E-state index contributed by atoms with van der Waals surface area (Å²) >= 11 is 1.51. The van der Waals surface area contributed by atoms with Crippen LogP contribution in [-0.2, 0) is 12.8 Å². The molecule has 2 heterocycles. The molecule has 0 bridgehead atoms. The van der Waals surface area contributed by atoms with Gasteiger partial charge in [0.25, 0.3) is 11.8 Å². The summed E-state index contributed by atoms with van der Waals surface area (Å²) in [5.74, 6) is -0.0322. The number of fused-ring (bicyclic) bond motifs is 1. The second kappa shape index (κ2) is 7.36. The lowest BCUT2D eigenvalue weighted by atomic mass is 9.90. The highest BCUT2D eigenvalue weighted by atomic mass is 32.1. The van der Waals surface area contributed by atoms with Crippen LogP contribution in [0.2, 0.25) is 0 Å². The number of benzene rings is 1. The summed E-state index contributed by atoms with van der Waals surface area (Å²) in [4.78, 5) is 26.6. The predicted octanol–water partition coefficient (Wildman–Crippen LogP) is 3.13. The Morgan fingerprint density at radius 1 is 1.19 bits per heavy atom. The molecule has 1 atom stereocenters. The van der Waals surface area contributed by atoms with Gasteiger partial charge in [0.05, 0.1) is 22.3 Å². The van der Waals surface area contributed by atoms with E-state index >= 15 is 0 Å². The number of nitrogens with zero attached hydrogens (tertiary/aromatic N) is 2. The van der Waals surface area contributed by atoms with Crippen LogP contribution in [0.3, 0.4) is 0 Å². The smallest absolute Gasteiger partial charge is 0.267 e. The number of amides is 2. The maximum Gasteiger partial charge on any atom is 0.279 e. The number of rotatable bonds is 3. The topological polar surface area (TPSA) is 76.0 Å². The van der Waals surface area contributed by atoms with Crippen molar-refractivity contribution in [3.63, 3.8) is 0 Å². The second-order valence-corrected chi connectivity index (χ2v) is 7.96. The summed E-state index contributed by atoms with van der Waals surface area (Å²) < 4.78 is 1.62. The molecule has 0 saturated heterocycles. The molecule has 0 aliphatic heterocycles. The molecule has 2 N–H and O–H groups in total. The number of aryl methyl sites for hydroxylation is 1. The molecule has 6 nitrogen and oxygen atoms in total. The maximum atomic E-state index is 12.4. The predicted molar refractivity (Wildman–Crippen MR) is 104 cm³/mol. The van der Waals surface area contributed by atoms with Crippen molar-refractivity contribution < 1.29 is 9.59 Å². The summed E-state index contributed by atoms with van der Waals surface area (Å²) in [5, 5.41) is 4.19. The molecule has 0 spiro atoms. The average Bonchev–Trinajstić information content (AvgIpc) is 3.33. The molecule has 0 fully saturated rings. The molecule has 2 aromatic heterocycles. The first-order valence-corrected chi connectivity index (χ1v) is 9.74. The fourth-order valence-corrected chi connectivity index (χ4v) is 4.33. The molecule has 2 amide bonds. The third-order valence-corrected chi connectivity index (χ3v) is 5.94. The van der Waals surface area contributed by atoms with Gasteiger partial charge in [0.2, 0.25) is 0 Å². The van der Waals surface area contributed by atoms with Crippen LogP contribution in [0.4, 0.5) is 0 Å². The summed E-state index contributed by atoms with van der Waals surface area (Å²) in [5.41, 5.74) is 7.46. The van der Waals surface area contributed by atoms with E-state index in [0.717, 1.165) is 24.9 Å². The van der Waals surface area contributed by atoms with Crippen LogP contribution in [0.15, 0.2) is 48.8 Å². The van der Waals surface area contributed by atoms with Gasteiger partial charge in [-0.15, -0.1) is 11.3 Å². The van der Waals surface area contributed by atoms with Crippen molar-refractivity contribution in [3.8, 4) is 5.69 Å². The molecule has 4 rings (SSSR count). The normalized spacial score (nSPS) is 15.8. The molecule has 1 unspecified atom stereocenters. The molecule has 138 valence electrons. The van der Waals surface area contributed by atoms with E-state index in [1.165, 1.54) is 28.0 Å². The number of nitrogens with one attached hydrogen (secondary N) is 2. The number of aromatic nitrogens is 2. The van der Waals surface area contributed by atoms with E-state index in [4.69, 9.17) is 0 Å². The van der Waals surface area contributed by atoms with Gasteiger partial charge in [-0.1, -0.05) is 25.1 Å². The number of hydrazine groups is 1. The molecule has 1 aromatic carbocycles. The fourth-order valence-electron chi connectivity index (χ4n) is 3.23. The highest BCUT2D eigenvalue weighted by Crippen LogP contribution is 2.32. The number of carbonyl (C=O) groups excluding carboxylic acids is 2. The summed E-state index contributed by atoms with van der Waals surface area (Å²) in [6, 6.07) is 11.5. The van der Waals surface area contributed by atoms with Gasteiger partial charge in [0, 0.05) is 11.1 Å². The van der Waals surface area contributed by atoms with Crippen molar-refractivity contribution in [3.05, 3.63) is 69.7 Å². The molecule has 7 heteroatoms. The van der Waals surface area contributed by atoms with Crippen molar-refractivity contribution in [1.29, 1.82) is 0 Å². The van der Waals surface area contributed by atoms with Crippen LogP contribution >= 0.6 is 11.3 Å². The number of para-hydroxylation sites is 1. The first-order valence-electron chi connectivity index (χ1n) is 8.92. The van der Waals surface area contributed by atoms with E-state index in [1.807, 2.05) is 36.4 Å². The number of carbonyl (C=O) groups is 2. The Morgan fingerprint density at radius 2 is 1.96 bits per heavy atom. The van der Waals surface area contributed by atoms with Crippen LogP contribution < -0.4 is 10.9 Å². The first-order chi connectivity index (χ1) is 13.1. The van der Waals surface area contributed by atoms with E-state index in [9.17, 15) is 9.59 Å². The molecule has 0 radical (unpaired) electrons. The van der Waals surface area contributed by atoms with E-state index in [1.54, 1.807) is 10.9 Å². The number of hydrogen-bond donors (Lipinski definition) is 2. The van der Waals surface area contributed by atoms with Crippen molar-refractivity contribution in [2.45, 2.75) is 26.2 Å². The Hall–Kier alpha value is -2.93. The Bertz CT molecular complexity index is 977. The molecular weight excluding hydrogens is 360 g/mol. The van der Waals surface area contributed by atoms with Gasteiger partial charge in [-0.2, -0.15) is 5.10 Å². The number of hydrogen-bond acceptors (Lipinski definition) is 4. The SMILES string of the molecule is CC1CCc2sc(C(=O)NNC(=O)c3cnn(-c4ccccc4)c3)cc2C1. The highest BCUT2D eigenvalue weighted by molar-refractivity contribution is 7.14. The lowest BCUT2D eigenvalue weighted by molar-refractivity contribution is 0.0849. The van der Waals surface area contributed by atoms with Crippen molar-refractivity contribution in [2.75, 3.05) is 0 Å². The Kier molecular flexibility index (Phi) is 4.77. The van der Waals surface area contributed by atoms with Crippen LogP contribution in [0.25, 0.3) is 5.69 Å². The minimum atomic E-state index is -0.402. The monoisotopic (exact) mass is 380 g/mol. The Labute approximate surface area is 161 Å². The van der Waals surface area contributed by atoms with E-state index in [-0.39, 0.29) is 5.91 Å². The van der Waals surface area contributed by atoms with Gasteiger partial charge in [-0.3, -0.25) is 20.4 Å². The van der Waals surface area contributed by atoms with E-state index in [2.05, 4.69) is 22.9 Å². The lowest BCUT2D eigenvalue weighted by Crippen LogP contribution is -2.41. The number of thiophene rings is 1. The zero-order valence-corrected chi connectivity index (χ0v) is 15.8. The molecule has 27 heavy (non-hydrogen) atoms. The third-order valence-electron chi connectivity index (χ3n) is 4.71. The van der Waals surface area contributed by atoms with Gasteiger partial charge < -0.3 is 0 Å². The zero-order valence-electron chi connectivity index (χ0n) is 14.9. The van der Waals surface area contributed by atoms with E-state index in [0.29, 0.717) is 16.4 Å².